The zero-order chi connectivity index (χ0) is 19.6. The van der Waals surface area contributed by atoms with Gasteiger partial charge in [0.2, 0.25) is 0 Å². The molecule has 0 spiro atoms. The molecule has 1 aliphatic rings. The molecule has 1 heterocycles. The first-order chi connectivity index (χ1) is 12.9. The van der Waals surface area contributed by atoms with Gasteiger partial charge in [-0.15, -0.1) is 11.3 Å². The monoisotopic (exact) mass is 425 g/mol. The number of fused-ring (bicyclic) bond motifs is 1. The topological polar surface area (TPSA) is 61.4 Å². The van der Waals surface area contributed by atoms with Crippen LogP contribution in [-0.2, 0) is 12.8 Å². The molecule has 1 aromatic heterocycles. The molecule has 144 valence electrons. The maximum absolute atomic E-state index is 12.8. The van der Waals surface area contributed by atoms with Crippen LogP contribution in [0.3, 0.4) is 0 Å². The highest BCUT2D eigenvalue weighted by Gasteiger charge is 2.26. The van der Waals surface area contributed by atoms with Crippen LogP contribution < -0.4 is 10.7 Å². The maximum atomic E-state index is 12.8. The SMILES string of the molecule is CN(C)NC(=O)c1c(NC(=O)c2cc(Cl)ccc2Cl)sc2c1CCCCC2. The van der Waals surface area contributed by atoms with Crippen LogP contribution in [0.5, 0.6) is 0 Å². The number of carbonyl (C=O) groups is 2. The Labute approximate surface area is 172 Å². The Morgan fingerprint density at radius 2 is 1.81 bits per heavy atom. The average molecular weight is 426 g/mol. The molecule has 0 aliphatic heterocycles. The Bertz CT molecular complexity index is 880. The van der Waals surface area contributed by atoms with Crippen molar-refractivity contribution in [3.8, 4) is 0 Å². The third-order valence-corrected chi connectivity index (χ3v) is 6.15. The normalized spacial score (nSPS) is 13.8. The van der Waals surface area contributed by atoms with Crippen molar-refractivity contribution in [2.24, 2.45) is 0 Å². The fourth-order valence-electron chi connectivity index (χ4n) is 3.17. The fraction of sp³-hybridized carbons (Fsp3) is 0.368. The number of anilines is 1. The Balaban J connectivity index is 1.97. The van der Waals surface area contributed by atoms with E-state index in [4.69, 9.17) is 23.2 Å². The lowest BCUT2D eigenvalue weighted by Gasteiger charge is -2.14. The highest BCUT2D eigenvalue weighted by atomic mass is 35.5. The molecule has 2 N–H and O–H groups in total. The van der Waals surface area contributed by atoms with Gasteiger partial charge in [0.1, 0.15) is 5.00 Å². The van der Waals surface area contributed by atoms with Crippen molar-refractivity contribution < 1.29 is 9.59 Å². The van der Waals surface area contributed by atoms with Crippen molar-refractivity contribution in [1.29, 1.82) is 0 Å². The predicted octanol–water partition coefficient (Wildman–Crippen LogP) is 4.78. The summed E-state index contributed by atoms with van der Waals surface area (Å²) in [5.41, 5.74) is 4.67. The number of hydrazine groups is 1. The molecule has 1 aliphatic carbocycles. The minimum atomic E-state index is -0.377. The van der Waals surface area contributed by atoms with Gasteiger partial charge in [0.25, 0.3) is 11.8 Å². The largest absolute Gasteiger partial charge is 0.313 e. The Morgan fingerprint density at radius 3 is 2.56 bits per heavy atom. The second kappa shape index (κ2) is 8.61. The zero-order valence-electron chi connectivity index (χ0n) is 15.2. The minimum absolute atomic E-state index is 0.216. The predicted molar refractivity (Wildman–Crippen MR) is 111 cm³/mol. The molecule has 2 aromatic rings. The van der Waals surface area contributed by atoms with Gasteiger partial charge in [0, 0.05) is 24.0 Å². The van der Waals surface area contributed by atoms with Crippen molar-refractivity contribution in [3.05, 3.63) is 49.8 Å². The van der Waals surface area contributed by atoms with Gasteiger partial charge in [-0.1, -0.05) is 29.6 Å². The van der Waals surface area contributed by atoms with E-state index in [1.807, 2.05) is 0 Å². The van der Waals surface area contributed by atoms with Gasteiger partial charge in [0.05, 0.1) is 16.1 Å². The molecule has 0 fully saturated rings. The highest BCUT2D eigenvalue weighted by molar-refractivity contribution is 7.17. The molecule has 0 saturated carbocycles. The number of carbonyl (C=O) groups excluding carboxylic acids is 2. The first-order valence-corrected chi connectivity index (χ1v) is 10.3. The summed E-state index contributed by atoms with van der Waals surface area (Å²) < 4.78 is 0. The van der Waals surface area contributed by atoms with E-state index in [1.54, 1.807) is 31.2 Å². The van der Waals surface area contributed by atoms with Gasteiger partial charge >= 0.3 is 0 Å². The number of aryl methyl sites for hydroxylation is 1. The molecule has 0 atom stereocenters. The molecule has 3 rings (SSSR count). The number of hydrogen-bond acceptors (Lipinski definition) is 4. The van der Waals surface area contributed by atoms with Gasteiger partial charge in [0.15, 0.2) is 0 Å². The van der Waals surface area contributed by atoms with Crippen LogP contribution in [-0.4, -0.2) is 30.9 Å². The molecule has 1 aromatic carbocycles. The molecular weight excluding hydrogens is 405 g/mol. The number of halogens is 2. The molecular formula is C19H21Cl2N3O2S. The lowest BCUT2D eigenvalue weighted by Crippen LogP contribution is -2.36. The second-order valence-corrected chi connectivity index (χ2v) is 8.63. The van der Waals surface area contributed by atoms with Crippen LogP contribution >= 0.6 is 34.5 Å². The quantitative estimate of drug-likeness (QED) is 0.546. The van der Waals surface area contributed by atoms with E-state index in [0.717, 1.165) is 37.7 Å². The number of benzene rings is 1. The standard InChI is InChI=1S/C19H21Cl2N3O2S/c1-24(2)23-18(26)16-12-6-4-3-5-7-15(12)27-19(16)22-17(25)13-10-11(20)8-9-14(13)21/h8-10H,3-7H2,1-2H3,(H,22,25)(H,23,26). The van der Waals surface area contributed by atoms with Gasteiger partial charge in [-0.05, 0) is 49.4 Å². The smallest absolute Gasteiger partial charge is 0.268 e. The Morgan fingerprint density at radius 1 is 1.07 bits per heavy atom. The van der Waals surface area contributed by atoms with E-state index < -0.39 is 0 Å². The lowest BCUT2D eigenvalue weighted by molar-refractivity contribution is 0.0857. The summed E-state index contributed by atoms with van der Waals surface area (Å²) in [4.78, 5) is 26.8. The van der Waals surface area contributed by atoms with E-state index >= 15 is 0 Å². The summed E-state index contributed by atoms with van der Waals surface area (Å²) in [6.45, 7) is 0. The first kappa shape index (κ1) is 20.1. The second-order valence-electron chi connectivity index (χ2n) is 6.68. The number of amides is 2. The summed E-state index contributed by atoms with van der Waals surface area (Å²) in [6, 6.07) is 4.74. The van der Waals surface area contributed by atoms with Crippen LogP contribution in [0.2, 0.25) is 10.0 Å². The summed E-state index contributed by atoms with van der Waals surface area (Å²) >= 11 is 13.6. The number of nitrogens with one attached hydrogen (secondary N) is 2. The van der Waals surface area contributed by atoms with E-state index in [1.165, 1.54) is 22.3 Å². The Kier molecular flexibility index (Phi) is 6.42. The molecule has 27 heavy (non-hydrogen) atoms. The zero-order valence-corrected chi connectivity index (χ0v) is 17.5. The molecule has 5 nitrogen and oxygen atoms in total. The number of rotatable bonds is 4. The molecule has 0 radical (unpaired) electrons. The first-order valence-electron chi connectivity index (χ1n) is 8.76. The number of hydrogen-bond donors (Lipinski definition) is 2. The molecule has 0 unspecified atom stereocenters. The fourth-order valence-corrected chi connectivity index (χ4v) is 4.83. The Hall–Kier alpha value is -1.60. The van der Waals surface area contributed by atoms with Crippen molar-refractivity contribution in [1.82, 2.24) is 10.4 Å². The maximum Gasteiger partial charge on any atom is 0.268 e. The van der Waals surface area contributed by atoms with E-state index in [-0.39, 0.29) is 17.4 Å². The van der Waals surface area contributed by atoms with Crippen LogP contribution in [0.15, 0.2) is 18.2 Å². The van der Waals surface area contributed by atoms with E-state index in [9.17, 15) is 9.59 Å². The van der Waals surface area contributed by atoms with E-state index in [0.29, 0.717) is 20.6 Å². The van der Waals surface area contributed by atoms with Gasteiger partial charge in [-0.2, -0.15) is 0 Å². The lowest BCUT2D eigenvalue weighted by atomic mass is 10.0. The third-order valence-electron chi connectivity index (χ3n) is 4.37. The number of thiophene rings is 1. The molecule has 8 heteroatoms. The van der Waals surface area contributed by atoms with Crippen LogP contribution in [0.25, 0.3) is 0 Å². The molecule has 0 bridgehead atoms. The summed E-state index contributed by atoms with van der Waals surface area (Å²) in [5, 5.41) is 5.78. The van der Waals surface area contributed by atoms with Crippen molar-refractivity contribution >= 4 is 51.4 Å². The number of nitrogens with zero attached hydrogens (tertiary/aromatic N) is 1. The molecule has 2 amide bonds. The van der Waals surface area contributed by atoms with Gasteiger partial charge in [-0.25, -0.2) is 5.01 Å². The highest BCUT2D eigenvalue weighted by Crippen LogP contribution is 2.38. The van der Waals surface area contributed by atoms with Gasteiger partial charge in [-0.3, -0.25) is 15.0 Å². The third kappa shape index (κ3) is 4.63. The van der Waals surface area contributed by atoms with E-state index in [2.05, 4.69) is 10.7 Å². The van der Waals surface area contributed by atoms with Crippen LogP contribution in [0.1, 0.15) is 50.4 Å². The summed E-state index contributed by atoms with van der Waals surface area (Å²) in [5.74, 6) is -0.593. The van der Waals surface area contributed by atoms with Crippen molar-refractivity contribution in [2.75, 3.05) is 19.4 Å². The van der Waals surface area contributed by atoms with Crippen LogP contribution in [0.4, 0.5) is 5.00 Å². The minimum Gasteiger partial charge on any atom is -0.313 e. The van der Waals surface area contributed by atoms with Gasteiger partial charge < -0.3 is 5.32 Å². The summed E-state index contributed by atoms with van der Waals surface area (Å²) in [7, 11) is 3.51. The average Bonchev–Trinajstić information content (AvgIpc) is 2.77. The van der Waals surface area contributed by atoms with Crippen molar-refractivity contribution in [2.45, 2.75) is 32.1 Å². The molecule has 0 saturated heterocycles. The van der Waals surface area contributed by atoms with Crippen molar-refractivity contribution in [3.63, 3.8) is 0 Å². The van der Waals surface area contributed by atoms with Crippen LogP contribution in [0, 0.1) is 0 Å². The summed E-state index contributed by atoms with van der Waals surface area (Å²) in [6.07, 6.45) is 5.05.